The van der Waals surface area contributed by atoms with Crippen LogP contribution in [0.5, 0.6) is 5.75 Å². The molecule has 152 valence electrons. The lowest BCUT2D eigenvalue weighted by Crippen LogP contribution is -2.51. The van der Waals surface area contributed by atoms with E-state index in [1.807, 2.05) is 30.3 Å². The summed E-state index contributed by atoms with van der Waals surface area (Å²) in [5.74, 6) is 0.335. The molecule has 1 atom stereocenters. The van der Waals surface area contributed by atoms with Crippen molar-refractivity contribution >= 4 is 17.5 Å². The van der Waals surface area contributed by atoms with Gasteiger partial charge in [0.1, 0.15) is 12.3 Å². The molecule has 0 bridgehead atoms. The van der Waals surface area contributed by atoms with Gasteiger partial charge in [0.25, 0.3) is 5.91 Å². The molecule has 2 aromatic rings. The fourth-order valence-electron chi connectivity index (χ4n) is 4.02. The first-order valence-corrected chi connectivity index (χ1v) is 10.2. The van der Waals surface area contributed by atoms with E-state index in [1.54, 1.807) is 6.92 Å². The molecule has 1 fully saturated rings. The maximum absolute atomic E-state index is 12.7. The van der Waals surface area contributed by atoms with E-state index in [1.165, 1.54) is 10.5 Å². The average molecular weight is 393 g/mol. The zero-order valence-electron chi connectivity index (χ0n) is 16.7. The van der Waals surface area contributed by atoms with Crippen LogP contribution in [0.4, 0.5) is 5.69 Å². The third kappa shape index (κ3) is 4.59. The zero-order chi connectivity index (χ0) is 20.2. The number of nitrogens with zero attached hydrogens (tertiary/aromatic N) is 2. The van der Waals surface area contributed by atoms with E-state index < -0.39 is 6.10 Å². The first-order valence-electron chi connectivity index (χ1n) is 10.2. The number of hydrogen-bond donors (Lipinski definition) is 1. The number of anilines is 1. The summed E-state index contributed by atoms with van der Waals surface area (Å²) in [7, 11) is 0. The number of nitrogens with one attached hydrogen (secondary N) is 1. The molecule has 2 aliphatic rings. The Labute approximate surface area is 171 Å². The largest absolute Gasteiger partial charge is 0.479 e. The van der Waals surface area contributed by atoms with Gasteiger partial charge in [0.05, 0.1) is 5.69 Å². The number of fused-ring (bicyclic) bond motifs is 1. The summed E-state index contributed by atoms with van der Waals surface area (Å²) in [6, 6.07) is 17.9. The molecule has 0 radical (unpaired) electrons. The molecule has 0 spiro atoms. The van der Waals surface area contributed by atoms with Crippen LogP contribution >= 0.6 is 0 Å². The Bertz CT molecular complexity index is 863. The number of para-hydroxylation sites is 2. The molecule has 4 rings (SSSR count). The number of amides is 2. The molecular weight excluding hydrogens is 366 g/mol. The monoisotopic (exact) mass is 393 g/mol. The van der Waals surface area contributed by atoms with Crippen LogP contribution in [0.3, 0.4) is 0 Å². The Kier molecular flexibility index (Phi) is 5.81. The Balaban J connectivity index is 1.30. The predicted molar refractivity (Wildman–Crippen MR) is 112 cm³/mol. The molecule has 1 N–H and O–H groups in total. The molecule has 0 aromatic heterocycles. The lowest BCUT2D eigenvalue weighted by molar-refractivity contribution is -0.128. The van der Waals surface area contributed by atoms with E-state index in [4.69, 9.17) is 4.74 Å². The molecule has 2 aromatic carbocycles. The first kappa shape index (κ1) is 19.5. The minimum Gasteiger partial charge on any atom is -0.479 e. The molecule has 0 aliphatic carbocycles. The van der Waals surface area contributed by atoms with Gasteiger partial charge in [-0.25, -0.2) is 0 Å². The van der Waals surface area contributed by atoms with Crippen LogP contribution in [0, 0.1) is 0 Å². The van der Waals surface area contributed by atoms with Crippen molar-refractivity contribution < 1.29 is 14.3 Å². The van der Waals surface area contributed by atoms with E-state index in [9.17, 15) is 9.59 Å². The van der Waals surface area contributed by atoms with Crippen molar-refractivity contribution in [2.45, 2.75) is 38.5 Å². The van der Waals surface area contributed by atoms with Crippen molar-refractivity contribution in [3.8, 4) is 5.75 Å². The number of hydrogen-bond acceptors (Lipinski definition) is 4. The van der Waals surface area contributed by atoms with E-state index in [0.29, 0.717) is 11.4 Å². The van der Waals surface area contributed by atoms with Gasteiger partial charge in [-0.05, 0) is 37.5 Å². The summed E-state index contributed by atoms with van der Waals surface area (Å²) in [6.45, 7) is 4.59. The maximum atomic E-state index is 12.7. The van der Waals surface area contributed by atoms with Crippen molar-refractivity contribution in [2.75, 3.05) is 24.5 Å². The molecule has 1 saturated heterocycles. The fraction of sp³-hybridized carbons (Fsp3) is 0.391. The topological polar surface area (TPSA) is 61.9 Å². The Morgan fingerprint density at radius 2 is 1.76 bits per heavy atom. The smallest absolute Gasteiger partial charge is 0.268 e. The second-order valence-electron chi connectivity index (χ2n) is 7.76. The third-order valence-electron chi connectivity index (χ3n) is 5.58. The highest BCUT2D eigenvalue weighted by Gasteiger charge is 2.33. The number of rotatable bonds is 5. The molecule has 2 amide bonds. The molecule has 6 nitrogen and oxygen atoms in total. The van der Waals surface area contributed by atoms with Gasteiger partial charge in [-0.15, -0.1) is 0 Å². The molecular formula is C23H27N3O3. The van der Waals surface area contributed by atoms with Gasteiger partial charge in [-0.3, -0.25) is 19.4 Å². The average Bonchev–Trinajstić information content (AvgIpc) is 2.73. The fourth-order valence-corrected chi connectivity index (χ4v) is 4.02. The van der Waals surface area contributed by atoms with E-state index in [2.05, 4.69) is 34.5 Å². The summed E-state index contributed by atoms with van der Waals surface area (Å²) >= 11 is 0. The van der Waals surface area contributed by atoms with E-state index in [-0.39, 0.29) is 24.4 Å². The van der Waals surface area contributed by atoms with Crippen LogP contribution in [-0.4, -0.2) is 48.5 Å². The predicted octanol–water partition coefficient (Wildman–Crippen LogP) is 2.58. The Morgan fingerprint density at radius 1 is 1.07 bits per heavy atom. The van der Waals surface area contributed by atoms with Gasteiger partial charge < -0.3 is 10.1 Å². The highest BCUT2D eigenvalue weighted by atomic mass is 16.5. The van der Waals surface area contributed by atoms with Crippen molar-refractivity contribution in [3.05, 3.63) is 60.2 Å². The van der Waals surface area contributed by atoms with Crippen molar-refractivity contribution in [1.82, 2.24) is 10.2 Å². The molecule has 6 heteroatoms. The van der Waals surface area contributed by atoms with Crippen LogP contribution in [0.2, 0.25) is 0 Å². The number of likely N-dealkylation sites (tertiary alicyclic amines) is 1. The Hall–Kier alpha value is -2.86. The van der Waals surface area contributed by atoms with Gasteiger partial charge in [-0.2, -0.15) is 0 Å². The minimum absolute atomic E-state index is 0.0216. The highest BCUT2D eigenvalue weighted by molar-refractivity contribution is 6.03. The van der Waals surface area contributed by atoms with Gasteiger partial charge in [0.15, 0.2) is 6.10 Å². The van der Waals surface area contributed by atoms with Gasteiger partial charge in [0, 0.05) is 25.7 Å². The van der Waals surface area contributed by atoms with Crippen LogP contribution in [-0.2, 0) is 16.1 Å². The summed E-state index contributed by atoms with van der Waals surface area (Å²) in [6.07, 6.45) is 1.25. The van der Waals surface area contributed by atoms with Crippen LogP contribution in [0.1, 0.15) is 25.3 Å². The van der Waals surface area contributed by atoms with Gasteiger partial charge >= 0.3 is 0 Å². The second kappa shape index (κ2) is 8.66. The summed E-state index contributed by atoms with van der Waals surface area (Å²) < 4.78 is 5.64. The van der Waals surface area contributed by atoms with Crippen LogP contribution in [0.15, 0.2) is 54.6 Å². The highest BCUT2D eigenvalue weighted by Crippen LogP contribution is 2.33. The second-order valence-corrected chi connectivity index (χ2v) is 7.76. The first-order chi connectivity index (χ1) is 14.1. The summed E-state index contributed by atoms with van der Waals surface area (Å²) in [5.41, 5.74) is 1.97. The molecule has 0 saturated carbocycles. The number of piperidine rings is 1. The normalized spacial score (nSPS) is 20.1. The van der Waals surface area contributed by atoms with Crippen molar-refractivity contribution in [1.29, 1.82) is 0 Å². The number of ether oxygens (including phenoxy) is 1. The zero-order valence-corrected chi connectivity index (χ0v) is 16.7. The minimum atomic E-state index is -0.584. The van der Waals surface area contributed by atoms with E-state index >= 15 is 0 Å². The van der Waals surface area contributed by atoms with Crippen molar-refractivity contribution in [2.24, 2.45) is 0 Å². The Morgan fingerprint density at radius 3 is 2.52 bits per heavy atom. The quantitative estimate of drug-likeness (QED) is 0.848. The lowest BCUT2D eigenvalue weighted by atomic mass is 10.0. The number of carbonyl (C=O) groups is 2. The molecule has 29 heavy (non-hydrogen) atoms. The molecule has 1 unspecified atom stereocenters. The number of benzene rings is 2. The summed E-state index contributed by atoms with van der Waals surface area (Å²) in [5, 5.41) is 3.12. The molecule has 2 heterocycles. The molecule has 2 aliphatic heterocycles. The third-order valence-corrected chi connectivity index (χ3v) is 5.58. The van der Waals surface area contributed by atoms with Crippen LogP contribution in [0.25, 0.3) is 0 Å². The summed E-state index contributed by atoms with van der Waals surface area (Å²) in [4.78, 5) is 29.2. The maximum Gasteiger partial charge on any atom is 0.268 e. The SMILES string of the molecule is CC1Oc2ccccc2N(CC(=O)NC2CCN(Cc3ccccc3)CC2)C1=O. The van der Waals surface area contributed by atoms with Gasteiger partial charge in [-0.1, -0.05) is 42.5 Å². The lowest BCUT2D eigenvalue weighted by Gasteiger charge is -2.34. The van der Waals surface area contributed by atoms with E-state index in [0.717, 1.165) is 32.5 Å². The van der Waals surface area contributed by atoms with Crippen LogP contribution < -0.4 is 15.0 Å². The standard InChI is InChI=1S/C23H27N3O3/c1-17-23(28)26(20-9-5-6-10-21(20)29-17)16-22(27)24-19-11-13-25(14-12-19)15-18-7-3-2-4-8-18/h2-10,17,19H,11-16H2,1H3,(H,24,27). The van der Waals surface area contributed by atoms with Crippen molar-refractivity contribution in [3.63, 3.8) is 0 Å². The number of carbonyl (C=O) groups excluding carboxylic acids is 2. The van der Waals surface area contributed by atoms with Gasteiger partial charge in [0.2, 0.25) is 5.91 Å².